The van der Waals surface area contributed by atoms with Gasteiger partial charge in [-0.3, -0.25) is 9.48 Å². The van der Waals surface area contributed by atoms with Crippen molar-refractivity contribution in [1.82, 2.24) is 9.78 Å². The zero-order valence-corrected chi connectivity index (χ0v) is 9.46. The highest BCUT2D eigenvalue weighted by Gasteiger charge is 2.04. The molecule has 2 aromatic rings. The molecule has 0 aliphatic rings. The van der Waals surface area contributed by atoms with Crippen LogP contribution in [0, 0.1) is 0 Å². The Kier molecular flexibility index (Phi) is 3.40. The molecule has 1 aromatic carbocycles. The number of nitrogens with zero attached hydrogens (tertiary/aromatic N) is 2. The van der Waals surface area contributed by atoms with E-state index in [4.69, 9.17) is 4.74 Å². The first-order valence-corrected chi connectivity index (χ1v) is 5.20. The van der Waals surface area contributed by atoms with Gasteiger partial charge in [0.25, 0.3) is 5.91 Å². The monoisotopic (exact) mass is 231 g/mol. The van der Waals surface area contributed by atoms with E-state index >= 15 is 0 Å². The maximum Gasteiger partial charge on any atom is 0.262 e. The van der Waals surface area contributed by atoms with E-state index in [0.717, 1.165) is 5.69 Å². The number of aryl methyl sites for hydroxylation is 1. The molecule has 0 unspecified atom stereocenters. The van der Waals surface area contributed by atoms with Crippen LogP contribution in [0.3, 0.4) is 0 Å². The lowest BCUT2D eigenvalue weighted by Crippen LogP contribution is -2.19. The molecule has 0 radical (unpaired) electrons. The number of carbonyl (C=O) groups is 1. The fourth-order valence-electron chi connectivity index (χ4n) is 1.34. The minimum atomic E-state index is -0.194. The summed E-state index contributed by atoms with van der Waals surface area (Å²) in [7, 11) is 1.79. The minimum Gasteiger partial charge on any atom is -0.480 e. The van der Waals surface area contributed by atoms with E-state index in [1.54, 1.807) is 24.1 Å². The van der Waals surface area contributed by atoms with Crippen molar-refractivity contribution >= 4 is 11.6 Å². The van der Waals surface area contributed by atoms with Crippen molar-refractivity contribution in [2.75, 3.05) is 11.9 Å². The molecule has 5 nitrogen and oxygen atoms in total. The van der Waals surface area contributed by atoms with Crippen LogP contribution < -0.4 is 10.1 Å². The number of amides is 1. The summed E-state index contributed by atoms with van der Waals surface area (Å²) < 4.78 is 6.88. The van der Waals surface area contributed by atoms with Gasteiger partial charge in [0.15, 0.2) is 12.4 Å². The molecule has 2 rings (SSSR count). The number of ether oxygens (including phenoxy) is 1. The van der Waals surface area contributed by atoms with Gasteiger partial charge in [-0.25, -0.2) is 0 Å². The number of anilines is 1. The number of hydrogen-bond donors (Lipinski definition) is 1. The van der Waals surface area contributed by atoms with E-state index in [9.17, 15) is 4.79 Å². The van der Waals surface area contributed by atoms with Crippen molar-refractivity contribution in [3.05, 3.63) is 42.7 Å². The second-order valence-electron chi connectivity index (χ2n) is 3.55. The van der Waals surface area contributed by atoms with Crippen molar-refractivity contribution in [1.29, 1.82) is 0 Å². The summed E-state index contributed by atoms with van der Waals surface area (Å²) in [6, 6.07) is 9.25. The standard InChI is InChI=1S/C12H13N3O2/c1-15-8-11(7-13-15)17-9-12(16)14-10-5-3-2-4-6-10/h2-8H,9H2,1H3,(H,14,16). The third kappa shape index (κ3) is 3.34. The summed E-state index contributed by atoms with van der Waals surface area (Å²) in [6.07, 6.45) is 3.27. The van der Waals surface area contributed by atoms with Crippen molar-refractivity contribution in [2.45, 2.75) is 0 Å². The predicted octanol–water partition coefficient (Wildman–Crippen LogP) is 1.44. The molecule has 88 valence electrons. The summed E-state index contributed by atoms with van der Waals surface area (Å²) in [4.78, 5) is 11.5. The Balaban J connectivity index is 1.82. The highest BCUT2D eigenvalue weighted by atomic mass is 16.5. The smallest absolute Gasteiger partial charge is 0.262 e. The number of nitrogens with one attached hydrogen (secondary N) is 1. The molecule has 0 fully saturated rings. The second-order valence-corrected chi connectivity index (χ2v) is 3.55. The Morgan fingerprint density at radius 2 is 2.18 bits per heavy atom. The molecule has 0 aliphatic carbocycles. The molecule has 1 aromatic heterocycles. The third-order valence-electron chi connectivity index (χ3n) is 2.11. The molecule has 1 amide bonds. The molecular weight excluding hydrogens is 218 g/mol. The Morgan fingerprint density at radius 1 is 1.41 bits per heavy atom. The lowest BCUT2D eigenvalue weighted by molar-refractivity contribution is -0.118. The van der Waals surface area contributed by atoms with Crippen LogP contribution in [0.1, 0.15) is 0 Å². The van der Waals surface area contributed by atoms with Crippen LogP contribution in [-0.4, -0.2) is 22.3 Å². The highest BCUT2D eigenvalue weighted by molar-refractivity contribution is 5.91. The van der Waals surface area contributed by atoms with E-state index in [-0.39, 0.29) is 12.5 Å². The van der Waals surface area contributed by atoms with Gasteiger partial charge in [0.1, 0.15) is 0 Å². The number of para-hydroxylation sites is 1. The van der Waals surface area contributed by atoms with Crippen LogP contribution in [0.25, 0.3) is 0 Å². The summed E-state index contributed by atoms with van der Waals surface area (Å²) in [5.74, 6) is 0.385. The van der Waals surface area contributed by atoms with Gasteiger partial charge < -0.3 is 10.1 Å². The van der Waals surface area contributed by atoms with Crippen molar-refractivity contribution in [3.63, 3.8) is 0 Å². The summed E-state index contributed by atoms with van der Waals surface area (Å²) in [5, 5.41) is 6.67. The molecule has 0 aliphatic heterocycles. The summed E-state index contributed by atoms with van der Waals surface area (Å²) in [6.45, 7) is -0.0272. The van der Waals surface area contributed by atoms with Gasteiger partial charge in [-0.05, 0) is 12.1 Å². The average Bonchev–Trinajstić information content (AvgIpc) is 2.74. The van der Waals surface area contributed by atoms with Crippen molar-refractivity contribution in [2.24, 2.45) is 7.05 Å². The lowest BCUT2D eigenvalue weighted by atomic mass is 10.3. The summed E-state index contributed by atoms with van der Waals surface area (Å²) >= 11 is 0. The van der Waals surface area contributed by atoms with Crippen molar-refractivity contribution in [3.8, 4) is 5.75 Å². The lowest BCUT2D eigenvalue weighted by Gasteiger charge is -2.05. The second kappa shape index (κ2) is 5.16. The molecule has 5 heteroatoms. The van der Waals surface area contributed by atoms with Crippen LogP contribution in [0.4, 0.5) is 5.69 Å². The first-order valence-electron chi connectivity index (χ1n) is 5.20. The Hall–Kier alpha value is -2.30. The van der Waals surface area contributed by atoms with E-state index in [1.165, 1.54) is 0 Å². The fourth-order valence-corrected chi connectivity index (χ4v) is 1.34. The molecule has 0 atom stereocenters. The highest BCUT2D eigenvalue weighted by Crippen LogP contribution is 2.08. The molecule has 0 spiro atoms. The van der Waals surface area contributed by atoms with Crippen LogP contribution in [-0.2, 0) is 11.8 Å². The largest absolute Gasteiger partial charge is 0.480 e. The van der Waals surface area contributed by atoms with E-state index in [0.29, 0.717) is 5.75 Å². The molecule has 1 N–H and O–H groups in total. The zero-order chi connectivity index (χ0) is 12.1. The van der Waals surface area contributed by atoms with Crippen LogP contribution in [0.2, 0.25) is 0 Å². The quantitative estimate of drug-likeness (QED) is 0.866. The minimum absolute atomic E-state index is 0.0272. The molecule has 17 heavy (non-hydrogen) atoms. The molecule has 0 saturated heterocycles. The predicted molar refractivity (Wildman–Crippen MR) is 63.8 cm³/mol. The zero-order valence-electron chi connectivity index (χ0n) is 9.46. The maximum atomic E-state index is 11.5. The van der Waals surface area contributed by atoms with Gasteiger partial charge in [0, 0.05) is 12.7 Å². The van der Waals surface area contributed by atoms with Gasteiger partial charge in [-0.15, -0.1) is 0 Å². The molecule has 0 bridgehead atoms. The number of aromatic nitrogens is 2. The normalized spacial score (nSPS) is 9.94. The third-order valence-corrected chi connectivity index (χ3v) is 2.11. The molecule has 1 heterocycles. The Morgan fingerprint density at radius 3 is 2.82 bits per heavy atom. The van der Waals surface area contributed by atoms with Crippen molar-refractivity contribution < 1.29 is 9.53 Å². The Bertz CT molecular complexity index is 493. The Labute approximate surface area is 99.0 Å². The van der Waals surface area contributed by atoms with E-state index in [1.807, 2.05) is 30.3 Å². The SMILES string of the molecule is Cn1cc(OCC(=O)Nc2ccccc2)cn1. The van der Waals surface area contributed by atoms with Gasteiger partial charge >= 0.3 is 0 Å². The topological polar surface area (TPSA) is 56.1 Å². The van der Waals surface area contributed by atoms with Crippen LogP contribution >= 0.6 is 0 Å². The molecule has 0 saturated carbocycles. The first-order chi connectivity index (χ1) is 8.24. The van der Waals surface area contributed by atoms with Gasteiger partial charge in [0.2, 0.25) is 0 Å². The number of hydrogen-bond acceptors (Lipinski definition) is 3. The summed E-state index contributed by atoms with van der Waals surface area (Å²) in [5.41, 5.74) is 0.757. The van der Waals surface area contributed by atoms with Crippen LogP contribution in [0.5, 0.6) is 5.75 Å². The van der Waals surface area contributed by atoms with E-state index in [2.05, 4.69) is 10.4 Å². The number of carbonyl (C=O) groups excluding carboxylic acids is 1. The first kappa shape index (κ1) is 11.2. The van der Waals surface area contributed by atoms with Gasteiger partial charge in [-0.2, -0.15) is 5.10 Å². The van der Waals surface area contributed by atoms with Crippen LogP contribution in [0.15, 0.2) is 42.7 Å². The maximum absolute atomic E-state index is 11.5. The van der Waals surface area contributed by atoms with Gasteiger partial charge in [0.05, 0.1) is 12.4 Å². The average molecular weight is 231 g/mol. The number of rotatable bonds is 4. The van der Waals surface area contributed by atoms with Gasteiger partial charge in [-0.1, -0.05) is 18.2 Å². The molecular formula is C12H13N3O2. The van der Waals surface area contributed by atoms with E-state index < -0.39 is 0 Å². The fraction of sp³-hybridized carbons (Fsp3) is 0.167. The number of benzene rings is 1.